The van der Waals surface area contributed by atoms with Crippen LogP contribution in [0.2, 0.25) is 0 Å². The molecule has 0 spiro atoms. The van der Waals surface area contributed by atoms with Crippen molar-refractivity contribution in [1.29, 1.82) is 0 Å². The summed E-state index contributed by atoms with van der Waals surface area (Å²) in [7, 11) is 0. The van der Waals surface area contributed by atoms with Crippen molar-refractivity contribution in [3.63, 3.8) is 0 Å². The van der Waals surface area contributed by atoms with Crippen molar-refractivity contribution in [3.8, 4) is 5.69 Å². The molecule has 2 atom stereocenters. The number of aryl methyl sites for hydroxylation is 1. The molecule has 6 rings (SSSR count). The molecule has 4 heterocycles. The first-order chi connectivity index (χ1) is 20.6. The van der Waals surface area contributed by atoms with E-state index in [1.807, 2.05) is 66.9 Å². The van der Waals surface area contributed by atoms with Gasteiger partial charge in [-0.2, -0.15) is 5.10 Å². The first kappa shape index (κ1) is 29.0. The van der Waals surface area contributed by atoms with Gasteiger partial charge in [-0.15, -0.1) is 11.3 Å². The fourth-order valence-electron chi connectivity index (χ4n) is 6.42. The maximum absolute atomic E-state index is 13.2. The van der Waals surface area contributed by atoms with Crippen molar-refractivity contribution in [2.75, 3.05) is 16.0 Å². The van der Waals surface area contributed by atoms with Crippen LogP contribution in [0.5, 0.6) is 0 Å². The SMILES string of the molecule is Cc1ccc(-n2nc(C(C)(C)C)cc2NC(=O)Nc2cccc(CC3CC4CCC(C3)N4C(=O)Nc3cccs3)c2)cc1. The molecule has 3 N–H and O–H groups in total. The van der Waals surface area contributed by atoms with E-state index >= 15 is 0 Å². The number of nitrogens with zero attached hydrogens (tertiary/aromatic N) is 3. The van der Waals surface area contributed by atoms with Gasteiger partial charge in [-0.1, -0.05) is 50.6 Å². The fourth-order valence-corrected chi connectivity index (χ4v) is 7.02. The Kier molecular flexibility index (Phi) is 8.01. The lowest BCUT2D eigenvalue weighted by molar-refractivity contribution is 0.131. The Bertz CT molecular complexity index is 1570. The van der Waals surface area contributed by atoms with Crippen molar-refractivity contribution < 1.29 is 9.59 Å². The molecule has 0 radical (unpaired) electrons. The average Bonchev–Trinajstić information content (AvgIpc) is 3.68. The Labute approximate surface area is 257 Å². The number of rotatable bonds is 6. The largest absolute Gasteiger partial charge is 0.324 e. The van der Waals surface area contributed by atoms with Crippen LogP contribution >= 0.6 is 11.3 Å². The molecule has 2 unspecified atom stereocenters. The Hall–Kier alpha value is -4.11. The van der Waals surface area contributed by atoms with Crippen LogP contribution in [-0.2, 0) is 11.8 Å². The number of fused-ring (bicyclic) bond motifs is 2. The van der Waals surface area contributed by atoms with Crippen molar-refractivity contribution >= 4 is 39.9 Å². The van der Waals surface area contributed by atoms with Crippen LogP contribution in [0, 0.1) is 12.8 Å². The topological polar surface area (TPSA) is 91.3 Å². The smallest absolute Gasteiger partial charge is 0.319 e. The van der Waals surface area contributed by atoms with Crippen LogP contribution in [0.3, 0.4) is 0 Å². The second kappa shape index (κ2) is 11.9. The average molecular weight is 597 g/mol. The van der Waals surface area contributed by atoms with E-state index in [1.54, 1.807) is 16.0 Å². The lowest BCUT2D eigenvalue weighted by Gasteiger charge is -2.39. The van der Waals surface area contributed by atoms with Gasteiger partial charge in [0, 0.05) is 29.3 Å². The zero-order valence-electron chi connectivity index (χ0n) is 25.3. The molecule has 2 bridgehead atoms. The van der Waals surface area contributed by atoms with Crippen molar-refractivity contribution in [2.45, 2.75) is 77.3 Å². The van der Waals surface area contributed by atoms with Crippen LogP contribution in [0.15, 0.2) is 72.1 Å². The monoisotopic (exact) mass is 596 g/mol. The number of urea groups is 2. The Morgan fingerprint density at radius 1 is 0.930 bits per heavy atom. The lowest BCUT2D eigenvalue weighted by Crippen LogP contribution is -2.48. The molecule has 4 aromatic rings. The second-order valence-electron chi connectivity index (χ2n) is 12.9. The summed E-state index contributed by atoms with van der Waals surface area (Å²) >= 11 is 1.55. The minimum absolute atomic E-state index is 0.0314. The number of benzene rings is 2. The number of amides is 4. The molecule has 2 saturated heterocycles. The van der Waals surface area contributed by atoms with E-state index < -0.39 is 0 Å². The highest BCUT2D eigenvalue weighted by atomic mass is 32.1. The van der Waals surface area contributed by atoms with Gasteiger partial charge in [0.1, 0.15) is 5.82 Å². The number of hydrogen-bond acceptors (Lipinski definition) is 4. The summed E-state index contributed by atoms with van der Waals surface area (Å²) in [5.41, 5.74) is 4.73. The quantitative estimate of drug-likeness (QED) is 0.210. The molecule has 43 heavy (non-hydrogen) atoms. The maximum atomic E-state index is 13.2. The molecule has 8 nitrogen and oxygen atoms in total. The molecule has 2 aromatic heterocycles. The van der Waals surface area contributed by atoms with Gasteiger partial charge in [-0.05, 0) is 92.3 Å². The number of nitrogens with one attached hydrogen (secondary N) is 3. The first-order valence-electron chi connectivity index (χ1n) is 15.1. The summed E-state index contributed by atoms with van der Waals surface area (Å²) in [5, 5.41) is 16.8. The molecule has 4 amide bonds. The van der Waals surface area contributed by atoms with Crippen LogP contribution in [-0.4, -0.2) is 38.8 Å². The van der Waals surface area contributed by atoms with E-state index in [4.69, 9.17) is 5.10 Å². The van der Waals surface area contributed by atoms with E-state index in [-0.39, 0.29) is 29.6 Å². The highest BCUT2D eigenvalue weighted by Crippen LogP contribution is 2.40. The number of carbonyl (C=O) groups excluding carboxylic acids is 2. The van der Waals surface area contributed by atoms with Gasteiger partial charge < -0.3 is 10.2 Å². The Morgan fingerprint density at radius 3 is 2.35 bits per heavy atom. The van der Waals surface area contributed by atoms with E-state index in [0.29, 0.717) is 11.7 Å². The predicted molar refractivity (Wildman–Crippen MR) is 174 cm³/mol. The summed E-state index contributed by atoms with van der Waals surface area (Å²) in [6, 6.07) is 22.3. The number of thiophene rings is 1. The third kappa shape index (κ3) is 6.62. The lowest BCUT2D eigenvalue weighted by atomic mass is 9.86. The van der Waals surface area contributed by atoms with Gasteiger partial charge >= 0.3 is 12.1 Å². The highest BCUT2D eigenvalue weighted by Gasteiger charge is 2.43. The normalized spacial score (nSPS) is 19.7. The predicted octanol–water partition coefficient (Wildman–Crippen LogP) is 8.20. The van der Waals surface area contributed by atoms with Crippen molar-refractivity contribution in [3.05, 3.63) is 88.9 Å². The Morgan fingerprint density at radius 2 is 1.67 bits per heavy atom. The fraction of sp³-hybridized carbons (Fsp3) is 0.382. The summed E-state index contributed by atoms with van der Waals surface area (Å²) in [6.07, 6.45) is 5.07. The van der Waals surface area contributed by atoms with Gasteiger partial charge in [0.05, 0.1) is 16.4 Å². The van der Waals surface area contributed by atoms with Gasteiger partial charge in [-0.3, -0.25) is 10.6 Å². The maximum Gasteiger partial charge on any atom is 0.324 e. The molecule has 2 fully saturated rings. The molecule has 2 aliphatic heterocycles. The number of anilines is 3. The van der Waals surface area contributed by atoms with E-state index in [0.717, 1.165) is 59.7 Å². The van der Waals surface area contributed by atoms with Crippen LogP contribution < -0.4 is 16.0 Å². The molecule has 224 valence electrons. The number of hydrogen-bond donors (Lipinski definition) is 3. The van der Waals surface area contributed by atoms with Crippen LogP contribution in [0.25, 0.3) is 5.69 Å². The summed E-state index contributed by atoms with van der Waals surface area (Å²) < 4.78 is 1.79. The summed E-state index contributed by atoms with van der Waals surface area (Å²) in [5.74, 6) is 1.12. The molecule has 2 aromatic carbocycles. The molecular formula is C34H40N6O2S. The summed E-state index contributed by atoms with van der Waals surface area (Å²) in [4.78, 5) is 28.3. The molecule has 0 aliphatic carbocycles. The molecule has 2 aliphatic rings. The van der Waals surface area contributed by atoms with E-state index in [2.05, 4.69) is 53.8 Å². The highest BCUT2D eigenvalue weighted by molar-refractivity contribution is 7.14. The van der Waals surface area contributed by atoms with Gasteiger partial charge in [0.2, 0.25) is 0 Å². The number of piperidine rings is 1. The van der Waals surface area contributed by atoms with Crippen LogP contribution in [0.1, 0.15) is 63.3 Å². The Balaban J connectivity index is 1.09. The van der Waals surface area contributed by atoms with E-state index in [9.17, 15) is 9.59 Å². The van der Waals surface area contributed by atoms with Gasteiger partial charge in [-0.25, -0.2) is 14.3 Å². The van der Waals surface area contributed by atoms with E-state index in [1.165, 1.54) is 5.56 Å². The van der Waals surface area contributed by atoms with Crippen molar-refractivity contribution in [1.82, 2.24) is 14.7 Å². The molecular weight excluding hydrogens is 556 g/mol. The molecule has 0 saturated carbocycles. The standard InChI is InChI=1S/C34H40N6O2S/c1-22-10-12-26(13-11-22)40-30(21-29(38-40)34(2,3)4)36-32(41)35-25-8-5-7-23(18-25)17-24-19-27-14-15-28(20-24)39(27)33(42)37-31-9-6-16-43-31/h5-13,16,18,21,24,27-28H,14-15,17,19-20H2,1-4H3,(H,37,42)(H2,35,36,41). The van der Waals surface area contributed by atoms with Crippen LogP contribution in [0.4, 0.5) is 26.1 Å². The zero-order chi connectivity index (χ0) is 30.1. The number of aromatic nitrogens is 2. The third-order valence-corrected chi connectivity index (χ3v) is 9.31. The van der Waals surface area contributed by atoms with Gasteiger partial charge in [0.15, 0.2) is 0 Å². The minimum Gasteiger partial charge on any atom is -0.319 e. The van der Waals surface area contributed by atoms with Gasteiger partial charge in [0.25, 0.3) is 0 Å². The third-order valence-electron chi connectivity index (χ3n) is 8.52. The second-order valence-corrected chi connectivity index (χ2v) is 13.9. The number of carbonyl (C=O) groups is 2. The zero-order valence-corrected chi connectivity index (χ0v) is 26.1. The first-order valence-corrected chi connectivity index (χ1v) is 16.0. The summed E-state index contributed by atoms with van der Waals surface area (Å²) in [6.45, 7) is 8.38. The van der Waals surface area contributed by atoms with Crippen molar-refractivity contribution in [2.24, 2.45) is 5.92 Å². The minimum atomic E-state index is -0.311. The molecule has 9 heteroatoms.